The summed E-state index contributed by atoms with van der Waals surface area (Å²) in [4.78, 5) is -0.315. The van der Waals surface area contributed by atoms with E-state index in [1.807, 2.05) is 0 Å². The number of rotatable bonds is 4. The number of hydrogen-bond acceptors (Lipinski definition) is 3. The van der Waals surface area contributed by atoms with Crippen LogP contribution in [0.2, 0.25) is 0 Å². The van der Waals surface area contributed by atoms with Gasteiger partial charge in [-0.05, 0) is 18.2 Å². The smallest absolute Gasteiger partial charge is 0.267 e. The SMILES string of the molecule is CN(C)c1cccc(NS(=O)(=O)c2c(F)c(F)c(F)c(F)c2F)c1. The van der Waals surface area contributed by atoms with Gasteiger partial charge in [0.25, 0.3) is 10.0 Å². The van der Waals surface area contributed by atoms with Crippen molar-refractivity contribution in [2.75, 3.05) is 23.7 Å². The molecule has 0 heterocycles. The van der Waals surface area contributed by atoms with Crippen LogP contribution in [0.25, 0.3) is 0 Å². The highest BCUT2D eigenvalue weighted by Crippen LogP contribution is 2.28. The van der Waals surface area contributed by atoms with Gasteiger partial charge in [-0.25, -0.2) is 30.4 Å². The van der Waals surface area contributed by atoms with Crippen LogP contribution in [-0.4, -0.2) is 22.5 Å². The predicted molar refractivity (Wildman–Crippen MR) is 77.8 cm³/mol. The average molecular weight is 366 g/mol. The van der Waals surface area contributed by atoms with E-state index in [2.05, 4.69) is 0 Å². The van der Waals surface area contributed by atoms with Crippen LogP contribution in [0.3, 0.4) is 0 Å². The van der Waals surface area contributed by atoms with Gasteiger partial charge in [0.1, 0.15) is 0 Å². The van der Waals surface area contributed by atoms with Crippen LogP contribution in [0.15, 0.2) is 29.2 Å². The largest absolute Gasteiger partial charge is 0.378 e. The molecule has 0 aliphatic heterocycles. The minimum atomic E-state index is -5.04. The Hall–Kier alpha value is -2.36. The van der Waals surface area contributed by atoms with Gasteiger partial charge in [-0.3, -0.25) is 4.72 Å². The fraction of sp³-hybridized carbons (Fsp3) is 0.143. The molecule has 0 fully saturated rings. The molecule has 0 saturated carbocycles. The van der Waals surface area contributed by atoms with E-state index in [9.17, 15) is 30.4 Å². The highest BCUT2D eigenvalue weighted by molar-refractivity contribution is 7.92. The molecule has 2 aromatic rings. The van der Waals surface area contributed by atoms with Crippen LogP contribution in [0, 0.1) is 29.1 Å². The monoisotopic (exact) mass is 366 g/mol. The van der Waals surface area contributed by atoms with Gasteiger partial charge in [-0.2, -0.15) is 0 Å². The number of halogens is 5. The Kier molecular flexibility index (Phi) is 4.70. The summed E-state index contributed by atoms with van der Waals surface area (Å²) in [5, 5.41) is 0. The first kappa shape index (κ1) is 18.0. The van der Waals surface area contributed by atoms with Crippen molar-refractivity contribution >= 4 is 21.4 Å². The van der Waals surface area contributed by atoms with Crippen LogP contribution in [0.1, 0.15) is 0 Å². The maximum absolute atomic E-state index is 13.7. The van der Waals surface area contributed by atoms with Gasteiger partial charge in [0.15, 0.2) is 28.2 Å². The van der Waals surface area contributed by atoms with Crippen molar-refractivity contribution in [3.05, 3.63) is 53.4 Å². The lowest BCUT2D eigenvalue weighted by molar-refractivity contribution is 0.358. The summed E-state index contributed by atoms with van der Waals surface area (Å²) in [7, 11) is -1.72. The number of hydrogen-bond donors (Lipinski definition) is 1. The normalized spacial score (nSPS) is 11.5. The van der Waals surface area contributed by atoms with Gasteiger partial charge < -0.3 is 4.90 Å². The van der Waals surface area contributed by atoms with Crippen LogP contribution < -0.4 is 9.62 Å². The Morgan fingerprint density at radius 3 is 1.88 bits per heavy atom. The van der Waals surface area contributed by atoms with Crippen molar-refractivity contribution < 1.29 is 30.4 Å². The molecule has 0 aliphatic carbocycles. The fourth-order valence-electron chi connectivity index (χ4n) is 1.87. The summed E-state index contributed by atoms with van der Waals surface area (Å²) in [6.07, 6.45) is 0. The Morgan fingerprint density at radius 2 is 1.38 bits per heavy atom. The Bertz CT molecular complexity index is 871. The minimum Gasteiger partial charge on any atom is -0.378 e. The van der Waals surface area contributed by atoms with Crippen molar-refractivity contribution in [3.63, 3.8) is 0 Å². The summed E-state index contributed by atoms with van der Waals surface area (Å²) >= 11 is 0. The van der Waals surface area contributed by atoms with E-state index in [0.717, 1.165) is 0 Å². The molecule has 2 rings (SSSR count). The first-order chi connectivity index (χ1) is 11.1. The standard InChI is InChI=1S/C14H11F5N2O2S/c1-21(2)8-5-3-4-7(6-8)20-24(22,23)14-12(18)10(16)9(15)11(17)13(14)19/h3-6,20H,1-2H3. The Labute approximate surface area is 134 Å². The molecule has 10 heteroatoms. The zero-order valence-corrected chi connectivity index (χ0v) is 13.2. The molecule has 0 unspecified atom stereocenters. The topological polar surface area (TPSA) is 49.4 Å². The van der Waals surface area contributed by atoms with Gasteiger partial charge in [-0.1, -0.05) is 6.07 Å². The third-order valence-corrected chi connectivity index (χ3v) is 4.45. The van der Waals surface area contributed by atoms with Crippen LogP contribution in [0.4, 0.5) is 33.3 Å². The predicted octanol–water partition coefficient (Wildman–Crippen LogP) is 3.25. The van der Waals surface area contributed by atoms with Gasteiger partial charge >= 0.3 is 0 Å². The number of benzene rings is 2. The fourth-order valence-corrected chi connectivity index (χ4v) is 3.06. The second-order valence-corrected chi connectivity index (χ2v) is 6.57. The minimum absolute atomic E-state index is 0.106. The molecule has 0 aliphatic rings. The van der Waals surface area contributed by atoms with Crippen LogP contribution in [-0.2, 0) is 10.0 Å². The molecular weight excluding hydrogens is 355 g/mol. The highest BCUT2D eigenvalue weighted by atomic mass is 32.2. The highest BCUT2D eigenvalue weighted by Gasteiger charge is 2.33. The van der Waals surface area contributed by atoms with Crippen molar-refractivity contribution in [2.24, 2.45) is 0 Å². The number of anilines is 2. The summed E-state index contributed by atoms with van der Waals surface area (Å²) in [6, 6.07) is 5.65. The molecule has 4 nitrogen and oxygen atoms in total. The third kappa shape index (κ3) is 3.14. The molecule has 1 N–H and O–H groups in total. The molecule has 0 spiro atoms. The van der Waals surface area contributed by atoms with E-state index >= 15 is 0 Å². The number of nitrogens with one attached hydrogen (secondary N) is 1. The lowest BCUT2D eigenvalue weighted by Gasteiger charge is -2.15. The second-order valence-electron chi connectivity index (χ2n) is 4.95. The van der Waals surface area contributed by atoms with Crippen molar-refractivity contribution in [1.82, 2.24) is 0 Å². The lowest BCUT2D eigenvalue weighted by Crippen LogP contribution is -2.19. The zero-order valence-electron chi connectivity index (χ0n) is 12.4. The van der Waals surface area contributed by atoms with Crippen LogP contribution in [0.5, 0.6) is 0 Å². The number of nitrogens with zero attached hydrogens (tertiary/aromatic N) is 1. The third-order valence-electron chi connectivity index (χ3n) is 3.05. The maximum atomic E-state index is 13.7. The number of sulfonamides is 1. The second kappa shape index (κ2) is 6.27. The first-order valence-corrected chi connectivity index (χ1v) is 7.86. The molecule has 130 valence electrons. The van der Waals surface area contributed by atoms with E-state index in [0.29, 0.717) is 5.69 Å². The van der Waals surface area contributed by atoms with Gasteiger partial charge in [0, 0.05) is 19.8 Å². The maximum Gasteiger partial charge on any atom is 0.267 e. The quantitative estimate of drug-likeness (QED) is 0.513. The lowest BCUT2D eigenvalue weighted by atomic mass is 10.3. The van der Waals surface area contributed by atoms with E-state index in [4.69, 9.17) is 0 Å². The molecule has 0 saturated heterocycles. The van der Waals surface area contributed by atoms with Gasteiger partial charge in [0.05, 0.1) is 5.69 Å². The molecule has 0 amide bonds. The van der Waals surface area contributed by atoms with E-state index in [1.54, 1.807) is 29.8 Å². The van der Waals surface area contributed by atoms with Crippen LogP contribution >= 0.6 is 0 Å². The van der Waals surface area contributed by atoms with Crippen molar-refractivity contribution in [1.29, 1.82) is 0 Å². The van der Waals surface area contributed by atoms with Crippen molar-refractivity contribution in [2.45, 2.75) is 4.90 Å². The molecule has 0 bridgehead atoms. The Morgan fingerprint density at radius 1 is 0.875 bits per heavy atom. The van der Waals surface area contributed by atoms with E-state index in [1.165, 1.54) is 18.2 Å². The molecule has 0 radical (unpaired) electrons. The summed E-state index contributed by atoms with van der Waals surface area (Å²) in [5.41, 5.74) is 0.442. The first-order valence-electron chi connectivity index (χ1n) is 6.38. The Balaban J connectivity index is 2.55. The van der Waals surface area contributed by atoms with E-state index in [-0.39, 0.29) is 5.69 Å². The van der Waals surface area contributed by atoms with Crippen molar-refractivity contribution in [3.8, 4) is 0 Å². The summed E-state index contributed by atoms with van der Waals surface area (Å²) in [6.45, 7) is 0. The molecule has 2 aromatic carbocycles. The molecule has 24 heavy (non-hydrogen) atoms. The van der Waals surface area contributed by atoms with E-state index < -0.39 is 44.0 Å². The summed E-state index contributed by atoms with van der Waals surface area (Å²) in [5.74, 6) is -12.0. The van der Waals surface area contributed by atoms with Gasteiger partial charge in [-0.15, -0.1) is 0 Å². The zero-order chi connectivity index (χ0) is 18.2. The molecular formula is C14H11F5N2O2S. The molecule has 0 atom stereocenters. The summed E-state index contributed by atoms with van der Waals surface area (Å²) < 4.78 is 92.6. The average Bonchev–Trinajstić information content (AvgIpc) is 2.50. The molecule has 0 aromatic heterocycles. The van der Waals surface area contributed by atoms with Gasteiger partial charge in [0.2, 0.25) is 5.82 Å².